The van der Waals surface area contributed by atoms with E-state index in [2.05, 4.69) is 90.8 Å². The number of methoxy groups -OCH3 is 1. The lowest BCUT2D eigenvalue weighted by atomic mass is 10.0. The van der Waals surface area contributed by atoms with Gasteiger partial charge in [0.15, 0.2) is 0 Å². The molecule has 2 aromatic carbocycles. The average molecular weight is 761 g/mol. The molecule has 2 aliphatic heterocycles. The fourth-order valence-corrected chi connectivity index (χ4v) is 7.75. The van der Waals surface area contributed by atoms with Crippen molar-refractivity contribution < 1.29 is 17.9 Å². The number of piperazine rings is 1. The number of hydrogen-bond acceptors (Lipinski definition) is 9. The van der Waals surface area contributed by atoms with Gasteiger partial charge in [-0.25, -0.2) is 9.67 Å². The normalized spacial score (nSPS) is 16.7. The molecule has 0 saturated carbocycles. The molecule has 0 spiro atoms. The summed E-state index contributed by atoms with van der Waals surface area (Å²) in [7, 11) is 3.22. The first-order valence-electron chi connectivity index (χ1n) is 16.3. The molecule has 2 aliphatic rings. The number of alkyl halides is 3. The van der Waals surface area contributed by atoms with E-state index >= 15 is 0 Å². The molecule has 15 heteroatoms. The molecule has 4 heterocycles. The summed E-state index contributed by atoms with van der Waals surface area (Å²) in [6, 6.07) is 10.3. The predicted octanol–water partition coefficient (Wildman–Crippen LogP) is 6.83. The molecule has 4 aromatic rings. The van der Waals surface area contributed by atoms with Gasteiger partial charge in [0.25, 0.3) is 0 Å². The molecule has 0 amide bonds. The lowest BCUT2D eigenvalue weighted by Gasteiger charge is -2.43. The number of ether oxygens (including phenoxy) is 1. The minimum absolute atomic E-state index is 0.383. The van der Waals surface area contributed by atoms with Crippen molar-refractivity contribution in [3.63, 3.8) is 0 Å². The van der Waals surface area contributed by atoms with Crippen LogP contribution in [0.25, 0.3) is 5.69 Å². The first-order chi connectivity index (χ1) is 23.4. The zero-order valence-corrected chi connectivity index (χ0v) is 30.8. The highest BCUT2D eigenvalue weighted by Crippen LogP contribution is 2.37. The number of halogens is 4. The van der Waals surface area contributed by atoms with Crippen molar-refractivity contribution in [2.45, 2.75) is 32.0 Å². The summed E-state index contributed by atoms with van der Waals surface area (Å²) >= 11 is 3.57. The number of piperidine rings is 1. The first kappa shape index (κ1) is 35.4. The Morgan fingerprint density at radius 2 is 1.69 bits per heavy atom. The minimum Gasteiger partial charge on any atom is -0.494 e. The highest BCUT2D eigenvalue weighted by molar-refractivity contribution is 9.10. The van der Waals surface area contributed by atoms with Crippen molar-refractivity contribution in [2.75, 3.05) is 82.3 Å². The lowest BCUT2D eigenvalue weighted by molar-refractivity contribution is -0.137. The van der Waals surface area contributed by atoms with Gasteiger partial charge >= 0.3 is 6.18 Å². The molecule has 2 fully saturated rings. The highest BCUT2D eigenvalue weighted by atomic mass is 79.9. The van der Waals surface area contributed by atoms with E-state index in [1.165, 1.54) is 10.4 Å². The Morgan fingerprint density at radius 1 is 0.959 bits per heavy atom. The van der Waals surface area contributed by atoms with Crippen LogP contribution in [0.15, 0.2) is 53.4 Å². The van der Waals surface area contributed by atoms with Crippen LogP contribution in [0.5, 0.6) is 5.75 Å². The molecule has 6 rings (SSSR count). The number of nitrogens with zero attached hydrogens (tertiary/aromatic N) is 7. The van der Waals surface area contributed by atoms with Gasteiger partial charge in [-0.2, -0.15) is 23.3 Å². The lowest BCUT2D eigenvalue weighted by Crippen LogP contribution is -2.52. The Morgan fingerprint density at radius 3 is 2.35 bits per heavy atom. The summed E-state index contributed by atoms with van der Waals surface area (Å²) in [5, 5.41) is 11.6. The van der Waals surface area contributed by atoms with Gasteiger partial charge in [-0.05, 0) is 85.9 Å². The Balaban J connectivity index is 1.17. The molecular formula is C34H42BrF3N9OP. The fourth-order valence-electron chi connectivity index (χ4n) is 6.46. The number of benzene rings is 2. The smallest absolute Gasteiger partial charge is 0.419 e. The van der Waals surface area contributed by atoms with Crippen LogP contribution in [0.4, 0.5) is 42.0 Å². The van der Waals surface area contributed by atoms with E-state index in [9.17, 15) is 13.2 Å². The maximum absolute atomic E-state index is 13.2. The van der Waals surface area contributed by atoms with Crippen LogP contribution in [0.2, 0.25) is 0 Å². The van der Waals surface area contributed by atoms with Crippen LogP contribution < -0.4 is 25.6 Å². The van der Waals surface area contributed by atoms with E-state index in [-0.39, 0.29) is 0 Å². The zero-order chi connectivity index (χ0) is 34.9. The molecule has 0 atom stereocenters. The SMILES string of the molecule is COc1cc(N2CCC(N3CCN(C)CC3)CC2)c(C)cc1Nc1ncc(Br)c(Nc2ccc(-n3cc(C(F)(F)F)cn3)cc2P(C)C)n1. The molecule has 0 aliphatic carbocycles. The summed E-state index contributed by atoms with van der Waals surface area (Å²) in [5.74, 6) is 1.63. The summed E-state index contributed by atoms with van der Waals surface area (Å²) < 4.78 is 47.3. The van der Waals surface area contributed by atoms with Crippen molar-refractivity contribution in [1.29, 1.82) is 0 Å². The van der Waals surface area contributed by atoms with Crippen LogP contribution >= 0.6 is 23.9 Å². The van der Waals surface area contributed by atoms with Crippen molar-refractivity contribution in [3.05, 3.63) is 64.5 Å². The number of nitrogens with one attached hydrogen (secondary N) is 2. The van der Waals surface area contributed by atoms with Gasteiger partial charge in [0, 0.05) is 80.4 Å². The Bertz CT molecular complexity index is 1770. The maximum atomic E-state index is 13.2. The fraction of sp³-hybridized carbons (Fsp3) is 0.441. The first-order valence-corrected chi connectivity index (χ1v) is 19.3. The minimum atomic E-state index is -4.46. The second-order valence-corrected chi connectivity index (χ2v) is 15.9. The van der Waals surface area contributed by atoms with Crippen LogP contribution in [0, 0.1) is 6.92 Å². The van der Waals surface area contributed by atoms with E-state index in [0.717, 1.165) is 86.7 Å². The van der Waals surface area contributed by atoms with Gasteiger partial charge in [0.1, 0.15) is 11.6 Å². The summed E-state index contributed by atoms with van der Waals surface area (Å²) in [4.78, 5) is 16.8. The molecule has 2 N–H and O–H groups in total. The standard InChI is InChI=1S/C34H42BrF3N9OP/c1-22-16-28(30(48-3)18-29(22)46-10-8-24(9-11-46)45-14-12-44(2)13-15-45)42-33-39-20-26(35)32(43-33)41-27-7-6-25(17-31(27)49(4)5)47-21-23(19-40-47)34(36,37)38/h6-7,16-21,24H,8-15H2,1-5H3,(H2,39,41,42,43). The van der Waals surface area contributed by atoms with Gasteiger partial charge in [-0.1, -0.05) is 7.92 Å². The third-order valence-corrected chi connectivity index (χ3v) is 11.2. The summed E-state index contributed by atoms with van der Waals surface area (Å²) in [5.41, 5.74) is 3.62. The molecule has 2 aromatic heterocycles. The second kappa shape index (κ2) is 14.8. The largest absolute Gasteiger partial charge is 0.494 e. The highest BCUT2D eigenvalue weighted by Gasteiger charge is 2.32. The third-order valence-electron chi connectivity index (χ3n) is 9.26. The number of likely N-dealkylation sites (N-methyl/N-ethyl adjacent to an activating group) is 1. The zero-order valence-electron chi connectivity index (χ0n) is 28.4. The molecule has 2 saturated heterocycles. The summed E-state index contributed by atoms with van der Waals surface area (Å²) in [6.45, 7) is 12.9. The topological polar surface area (TPSA) is 86.6 Å². The quantitative estimate of drug-likeness (QED) is 0.179. The van der Waals surface area contributed by atoms with Gasteiger partial charge in [-0.3, -0.25) is 4.90 Å². The van der Waals surface area contributed by atoms with Crippen LogP contribution in [0.1, 0.15) is 24.0 Å². The molecular weight excluding hydrogens is 718 g/mol. The number of aromatic nitrogens is 4. The van der Waals surface area contributed by atoms with E-state index in [1.807, 2.05) is 12.1 Å². The van der Waals surface area contributed by atoms with Gasteiger partial charge in [-0.15, -0.1) is 0 Å². The van der Waals surface area contributed by atoms with E-state index < -0.39 is 19.7 Å². The number of aryl methyl sites for hydroxylation is 1. The van der Waals surface area contributed by atoms with Crippen molar-refractivity contribution >= 4 is 58.0 Å². The van der Waals surface area contributed by atoms with Gasteiger partial charge < -0.3 is 25.2 Å². The molecule has 0 bridgehead atoms. The van der Waals surface area contributed by atoms with Gasteiger partial charge in [0.2, 0.25) is 5.95 Å². The average Bonchev–Trinajstić information content (AvgIpc) is 3.59. The molecule has 262 valence electrons. The van der Waals surface area contributed by atoms with E-state index in [4.69, 9.17) is 9.72 Å². The van der Waals surface area contributed by atoms with E-state index in [1.54, 1.807) is 19.4 Å². The van der Waals surface area contributed by atoms with Gasteiger partial charge in [0.05, 0.1) is 34.7 Å². The third kappa shape index (κ3) is 8.14. The van der Waals surface area contributed by atoms with E-state index in [0.29, 0.717) is 33.7 Å². The number of anilines is 5. The van der Waals surface area contributed by atoms with Crippen LogP contribution in [0.3, 0.4) is 0 Å². The van der Waals surface area contributed by atoms with Crippen LogP contribution in [-0.4, -0.2) is 102 Å². The molecule has 0 unspecified atom stereocenters. The Kier molecular flexibility index (Phi) is 10.7. The number of hydrogen-bond donors (Lipinski definition) is 2. The Labute approximate surface area is 294 Å². The monoisotopic (exact) mass is 759 g/mol. The second-order valence-electron chi connectivity index (χ2n) is 12.8. The van der Waals surface area contributed by atoms with Crippen molar-refractivity contribution in [3.8, 4) is 11.4 Å². The summed E-state index contributed by atoms with van der Waals surface area (Å²) in [6.07, 6.45) is 1.35. The van der Waals surface area contributed by atoms with Crippen molar-refractivity contribution in [1.82, 2.24) is 29.5 Å². The van der Waals surface area contributed by atoms with Crippen molar-refractivity contribution in [2.24, 2.45) is 0 Å². The predicted molar refractivity (Wildman–Crippen MR) is 195 cm³/mol. The molecule has 49 heavy (non-hydrogen) atoms. The molecule has 10 nitrogen and oxygen atoms in total. The Hall–Kier alpha value is -3.45. The molecule has 0 radical (unpaired) electrons. The maximum Gasteiger partial charge on any atom is 0.419 e. The number of rotatable bonds is 9. The van der Waals surface area contributed by atoms with Crippen LogP contribution in [-0.2, 0) is 6.18 Å².